The third kappa shape index (κ3) is 3.22. The van der Waals surface area contributed by atoms with E-state index in [0.717, 1.165) is 9.37 Å². The molecule has 2 aromatic carbocycles. The van der Waals surface area contributed by atoms with E-state index in [4.69, 9.17) is 10.5 Å². The Hall–Kier alpha value is -1.64. The maximum absolute atomic E-state index is 9.24. The van der Waals surface area contributed by atoms with Gasteiger partial charge < -0.3 is 10.5 Å². The molecule has 2 N–H and O–H groups in total. The number of nitrogen functional groups attached to an aromatic ring is 1. The van der Waals surface area contributed by atoms with Gasteiger partial charge in [0.15, 0.2) is 0 Å². The van der Waals surface area contributed by atoms with Crippen LogP contribution in [0.4, 0.5) is 5.69 Å². The minimum atomic E-state index is 0.534. The van der Waals surface area contributed by atoms with E-state index in [0.29, 0.717) is 22.7 Å². The predicted molar refractivity (Wildman–Crippen MR) is 81.6 cm³/mol. The molecular formula is C14H11BrN2OS. The molecule has 0 aliphatic heterocycles. The van der Waals surface area contributed by atoms with Gasteiger partial charge in [0.1, 0.15) is 23.1 Å². The smallest absolute Gasteiger partial charge is 0.146 e. The van der Waals surface area contributed by atoms with E-state index in [-0.39, 0.29) is 0 Å². The van der Waals surface area contributed by atoms with Crippen LogP contribution < -0.4 is 10.5 Å². The van der Waals surface area contributed by atoms with Crippen molar-refractivity contribution in [3.63, 3.8) is 0 Å². The molecular weight excluding hydrogens is 324 g/mol. The minimum absolute atomic E-state index is 0.534. The third-order valence-electron chi connectivity index (χ3n) is 2.44. The van der Waals surface area contributed by atoms with Gasteiger partial charge in [-0.3, -0.25) is 0 Å². The first-order valence-electron chi connectivity index (χ1n) is 5.45. The molecule has 0 saturated carbocycles. The van der Waals surface area contributed by atoms with E-state index < -0.39 is 0 Å². The summed E-state index contributed by atoms with van der Waals surface area (Å²) < 4.78 is 6.59. The molecule has 0 unspecified atom stereocenters. The molecule has 2 aromatic rings. The highest BCUT2D eigenvalue weighted by molar-refractivity contribution is 9.10. The molecule has 96 valence electrons. The average Bonchev–Trinajstić information content (AvgIpc) is 2.37. The number of nitrogens with zero attached hydrogens (tertiary/aromatic N) is 1. The number of hydrogen-bond donors (Lipinski definition) is 1. The lowest BCUT2D eigenvalue weighted by atomic mass is 10.2. The number of hydrogen-bond acceptors (Lipinski definition) is 4. The van der Waals surface area contributed by atoms with Crippen molar-refractivity contribution in [3.05, 3.63) is 46.4 Å². The zero-order chi connectivity index (χ0) is 13.8. The lowest BCUT2D eigenvalue weighted by Crippen LogP contribution is -1.92. The number of rotatable bonds is 3. The highest BCUT2D eigenvalue weighted by Crippen LogP contribution is 2.33. The van der Waals surface area contributed by atoms with Gasteiger partial charge in [-0.1, -0.05) is 22.0 Å². The van der Waals surface area contributed by atoms with Crippen molar-refractivity contribution in [2.75, 3.05) is 12.0 Å². The number of benzene rings is 2. The summed E-state index contributed by atoms with van der Waals surface area (Å²) in [5.41, 5.74) is 6.90. The van der Waals surface area contributed by atoms with Crippen LogP contribution in [0.5, 0.6) is 11.5 Å². The van der Waals surface area contributed by atoms with Crippen molar-refractivity contribution in [1.29, 1.82) is 5.26 Å². The van der Waals surface area contributed by atoms with Gasteiger partial charge in [-0.25, -0.2) is 0 Å². The van der Waals surface area contributed by atoms with Gasteiger partial charge in [-0.15, -0.1) is 11.8 Å². The average molecular weight is 335 g/mol. The molecule has 0 bridgehead atoms. The Labute approximate surface area is 124 Å². The summed E-state index contributed by atoms with van der Waals surface area (Å²) in [5, 5.41) is 9.24. The van der Waals surface area contributed by atoms with Gasteiger partial charge >= 0.3 is 0 Å². The van der Waals surface area contributed by atoms with E-state index in [1.54, 1.807) is 18.2 Å². The summed E-state index contributed by atoms with van der Waals surface area (Å²) >= 11 is 4.88. The topological polar surface area (TPSA) is 59.0 Å². The molecule has 5 heteroatoms. The monoisotopic (exact) mass is 334 g/mol. The van der Waals surface area contributed by atoms with Crippen molar-refractivity contribution < 1.29 is 4.74 Å². The van der Waals surface area contributed by atoms with Gasteiger partial charge in [0.05, 0.1) is 0 Å². The van der Waals surface area contributed by atoms with E-state index >= 15 is 0 Å². The molecule has 3 nitrogen and oxygen atoms in total. The van der Waals surface area contributed by atoms with Crippen LogP contribution in [0.3, 0.4) is 0 Å². The number of ether oxygens (including phenoxy) is 1. The Bertz CT molecular complexity index is 632. The molecule has 0 aliphatic carbocycles. The van der Waals surface area contributed by atoms with Crippen molar-refractivity contribution >= 4 is 33.4 Å². The lowest BCUT2D eigenvalue weighted by molar-refractivity contribution is 0.479. The summed E-state index contributed by atoms with van der Waals surface area (Å²) in [6.45, 7) is 0. The van der Waals surface area contributed by atoms with Crippen LogP contribution in [-0.4, -0.2) is 6.26 Å². The summed E-state index contributed by atoms with van der Waals surface area (Å²) in [6.07, 6.45) is 1.93. The van der Waals surface area contributed by atoms with E-state index in [1.165, 1.54) is 11.8 Å². The van der Waals surface area contributed by atoms with E-state index in [2.05, 4.69) is 22.0 Å². The maximum Gasteiger partial charge on any atom is 0.146 e. The molecule has 0 fully saturated rings. The van der Waals surface area contributed by atoms with Crippen LogP contribution in [-0.2, 0) is 0 Å². The van der Waals surface area contributed by atoms with Crippen molar-refractivity contribution in [3.8, 4) is 17.6 Å². The molecule has 0 aromatic heterocycles. The minimum Gasteiger partial charge on any atom is -0.456 e. The molecule has 0 atom stereocenters. The first kappa shape index (κ1) is 13.8. The fourth-order valence-electron chi connectivity index (χ4n) is 1.65. The molecule has 2 rings (SSSR count). The molecule has 0 heterocycles. The first-order valence-corrected chi connectivity index (χ1v) is 7.47. The molecule has 0 aliphatic rings. The van der Waals surface area contributed by atoms with Crippen LogP contribution in [0, 0.1) is 11.3 Å². The van der Waals surface area contributed by atoms with Gasteiger partial charge in [0.2, 0.25) is 0 Å². The third-order valence-corrected chi connectivity index (χ3v) is 3.68. The quantitative estimate of drug-likeness (QED) is 0.666. The molecule has 0 radical (unpaired) electrons. The van der Waals surface area contributed by atoms with Crippen LogP contribution in [0.1, 0.15) is 5.56 Å². The van der Waals surface area contributed by atoms with Gasteiger partial charge in [-0.05, 0) is 30.5 Å². The number of anilines is 1. The van der Waals surface area contributed by atoms with Gasteiger partial charge in [-0.2, -0.15) is 5.26 Å². The highest BCUT2D eigenvalue weighted by Gasteiger charge is 2.10. The first-order chi connectivity index (χ1) is 9.13. The van der Waals surface area contributed by atoms with Crippen molar-refractivity contribution in [2.24, 2.45) is 0 Å². The van der Waals surface area contributed by atoms with Crippen molar-refractivity contribution in [1.82, 2.24) is 0 Å². The second kappa shape index (κ2) is 6.00. The summed E-state index contributed by atoms with van der Waals surface area (Å²) in [4.78, 5) is 0.892. The SMILES string of the molecule is CSc1cccc(Oc2cc(N)cc(Br)c2)c1C#N. The zero-order valence-corrected chi connectivity index (χ0v) is 12.6. The molecule has 0 spiro atoms. The van der Waals surface area contributed by atoms with Crippen LogP contribution >= 0.6 is 27.7 Å². The Morgan fingerprint density at radius 2 is 2.11 bits per heavy atom. The Morgan fingerprint density at radius 3 is 2.74 bits per heavy atom. The standard InChI is InChI=1S/C14H11BrN2OS/c1-19-14-4-2-3-13(12(14)8-16)18-11-6-9(15)5-10(17)7-11/h2-7H,17H2,1H3. The fraction of sp³-hybridized carbons (Fsp3) is 0.0714. The second-order valence-corrected chi connectivity index (χ2v) is 5.53. The van der Waals surface area contributed by atoms with Gasteiger partial charge in [0, 0.05) is 21.1 Å². The Kier molecular flexibility index (Phi) is 4.35. The van der Waals surface area contributed by atoms with Crippen molar-refractivity contribution in [2.45, 2.75) is 4.90 Å². The molecule has 0 amide bonds. The van der Waals surface area contributed by atoms with Crippen LogP contribution in [0.25, 0.3) is 0 Å². The normalized spacial score (nSPS) is 9.95. The summed E-state index contributed by atoms with van der Waals surface area (Å²) in [5.74, 6) is 1.13. The van der Waals surface area contributed by atoms with E-state index in [1.807, 2.05) is 24.5 Å². The lowest BCUT2D eigenvalue weighted by Gasteiger charge is -2.10. The Balaban J connectivity index is 2.41. The number of nitriles is 1. The van der Waals surface area contributed by atoms with E-state index in [9.17, 15) is 5.26 Å². The number of nitrogens with two attached hydrogens (primary N) is 1. The van der Waals surface area contributed by atoms with Crippen LogP contribution in [0.15, 0.2) is 45.8 Å². The number of thioether (sulfide) groups is 1. The summed E-state index contributed by atoms with van der Waals surface area (Å²) in [7, 11) is 0. The Morgan fingerprint density at radius 1 is 1.32 bits per heavy atom. The summed E-state index contributed by atoms with van der Waals surface area (Å²) in [6, 6.07) is 13.0. The fourth-order valence-corrected chi connectivity index (χ4v) is 2.70. The predicted octanol–water partition coefficient (Wildman–Crippen LogP) is 4.42. The molecule has 0 saturated heterocycles. The maximum atomic E-state index is 9.24. The second-order valence-electron chi connectivity index (χ2n) is 3.77. The molecule has 19 heavy (non-hydrogen) atoms. The van der Waals surface area contributed by atoms with Gasteiger partial charge in [0.25, 0.3) is 0 Å². The highest BCUT2D eigenvalue weighted by atomic mass is 79.9. The van der Waals surface area contributed by atoms with Crippen LogP contribution in [0.2, 0.25) is 0 Å². The number of halogens is 1. The zero-order valence-electron chi connectivity index (χ0n) is 10.2. The largest absolute Gasteiger partial charge is 0.456 e.